The molecule has 0 radical (unpaired) electrons. The van der Waals surface area contributed by atoms with E-state index < -0.39 is 0 Å². The molecule has 2 atom stereocenters. The van der Waals surface area contributed by atoms with Crippen LogP contribution < -0.4 is 5.32 Å². The van der Waals surface area contributed by atoms with Gasteiger partial charge in [0.15, 0.2) is 0 Å². The normalized spacial score (nSPS) is 21.8. The van der Waals surface area contributed by atoms with Crippen LogP contribution in [-0.4, -0.2) is 28.0 Å². The van der Waals surface area contributed by atoms with Crippen molar-refractivity contribution in [2.45, 2.75) is 51.2 Å². The van der Waals surface area contributed by atoms with Crippen LogP contribution >= 0.6 is 11.7 Å². The molecule has 2 unspecified atom stereocenters. The molecule has 96 valence electrons. The first-order valence-electron chi connectivity index (χ1n) is 6.52. The van der Waals surface area contributed by atoms with Crippen molar-refractivity contribution in [2.75, 3.05) is 13.2 Å². The van der Waals surface area contributed by atoms with Crippen molar-refractivity contribution in [3.8, 4) is 0 Å². The zero-order valence-corrected chi connectivity index (χ0v) is 11.2. The largest absolute Gasteiger partial charge is 0.378 e. The van der Waals surface area contributed by atoms with Gasteiger partial charge in [0.05, 0.1) is 35.8 Å². The van der Waals surface area contributed by atoms with E-state index in [9.17, 15) is 0 Å². The Kier molecular flexibility index (Phi) is 5.35. The standard InChI is InChI=1S/C12H21N3OS/c1-2-7-13-11(12-9-14-17-15-12)6-5-10-4-3-8-16-10/h9-11,13H,2-8H2,1H3. The van der Waals surface area contributed by atoms with Crippen LogP contribution in [0.2, 0.25) is 0 Å². The van der Waals surface area contributed by atoms with Crippen molar-refractivity contribution in [2.24, 2.45) is 0 Å². The number of ether oxygens (including phenoxy) is 1. The smallest absolute Gasteiger partial charge is 0.0912 e. The maximum Gasteiger partial charge on any atom is 0.0912 e. The van der Waals surface area contributed by atoms with Gasteiger partial charge in [-0.2, -0.15) is 8.75 Å². The lowest BCUT2D eigenvalue weighted by Crippen LogP contribution is -2.23. The molecular formula is C12H21N3OS. The zero-order chi connectivity index (χ0) is 11.9. The van der Waals surface area contributed by atoms with E-state index in [0.717, 1.165) is 38.1 Å². The SMILES string of the molecule is CCCNC(CCC1CCCO1)c1cnsn1. The minimum Gasteiger partial charge on any atom is -0.378 e. The highest BCUT2D eigenvalue weighted by Gasteiger charge is 2.19. The molecule has 0 amide bonds. The van der Waals surface area contributed by atoms with Crippen LogP contribution in [0.25, 0.3) is 0 Å². The number of rotatable bonds is 7. The highest BCUT2D eigenvalue weighted by atomic mass is 32.1. The lowest BCUT2D eigenvalue weighted by atomic mass is 10.0. The van der Waals surface area contributed by atoms with Crippen LogP contribution in [0.5, 0.6) is 0 Å². The molecule has 1 aromatic rings. The van der Waals surface area contributed by atoms with Gasteiger partial charge in [-0.3, -0.25) is 0 Å². The van der Waals surface area contributed by atoms with Crippen LogP contribution in [0.4, 0.5) is 0 Å². The summed E-state index contributed by atoms with van der Waals surface area (Å²) < 4.78 is 14.1. The van der Waals surface area contributed by atoms with Crippen molar-refractivity contribution in [3.63, 3.8) is 0 Å². The van der Waals surface area contributed by atoms with E-state index in [1.807, 2.05) is 6.20 Å². The summed E-state index contributed by atoms with van der Waals surface area (Å²) in [6.07, 6.45) is 8.15. The Morgan fingerprint density at radius 1 is 1.65 bits per heavy atom. The molecule has 4 nitrogen and oxygen atoms in total. The van der Waals surface area contributed by atoms with Crippen molar-refractivity contribution < 1.29 is 4.74 Å². The summed E-state index contributed by atoms with van der Waals surface area (Å²) in [7, 11) is 0. The summed E-state index contributed by atoms with van der Waals surface area (Å²) in [5.41, 5.74) is 1.08. The van der Waals surface area contributed by atoms with Gasteiger partial charge < -0.3 is 10.1 Å². The summed E-state index contributed by atoms with van der Waals surface area (Å²) >= 11 is 1.29. The Morgan fingerprint density at radius 2 is 2.59 bits per heavy atom. The summed E-state index contributed by atoms with van der Waals surface area (Å²) in [5, 5.41) is 3.54. The fourth-order valence-electron chi connectivity index (χ4n) is 2.22. The number of nitrogens with one attached hydrogen (secondary N) is 1. The molecule has 0 spiro atoms. The molecule has 5 heteroatoms. The van der Waals surface area contributed by atoms with Crippen molar-refractivity contribution in [1.82, 2.24) is 14.1 Å². The Labute approximate surface area is 107 Å². The molecule has 1 saturated heterocycles. The second-order valence-electron chi connectivity index (χ2n) is 4.55. The molecule has 1 N–H and O–H groups in total. The molecule has 2 heterocycles. The molecule has 2 rings (SSSR count). The number of hydrogen-bond acceptors (Lipinski definition) is 5. The molecule has 1 aliphatic heterocycles. The number of hydrogen-bond donors (Lipinski definition) is 1. The Bertz CT molecular complexity index is 299. The third-order valence-corrected chi connectivity index (χ3v) is 3.67. The average Bonchev–Trinajstić information content (AvgIpc) is 3.01. The quantitative estimate of drug-likeness (QED) is 0.813. The van der Waals surface area contributed by atoms with E-state index in [0.29, 0.717) is 12.1 Å². The predicted octanol–water partition coefficient (Wildman–Crippen LogP) is 2.54. The zero-order valence-electron chi connectivity index (χ0n) is 10.4. The first kappa shape index (κ1) is 12.9. The van der Waals surface area contributed by atoms with Gasteiger partial charge in [-0.15, -0.1) is 0 Å². The second-order valence-corrected chi connectivity index (χ2v) is 5.11. The van der Waals surface area contributed by atoms with Crippen LogP contribution in [-0.2, 0) is 4.74 Å². The predicted molar refractivity (Wildman–Crippen MR) is 69.2 cm³/mol. The van der Waals surface area contributed by atoms with E-state index in [-0.39, 0.29) is 0 Å². The molecule has 1 aliphatic rings. The van der Waals surface area contributed by atoms with Crippen molar-refractivity contribution in [1.29, 1.82) is 0 Å². The van der Waals surface area contributed by atoms with Gasteiger partial charge in [0.1, 0.15) is 0 Å². The number of aromatic nitrogens is 2. The molecule has 0 bridgehead atoms. The lowest BCUT2D eigenvalue weighted by molar-refractivity contribution is 0.0995. The molecule has 1 fully saturated rings. The maximum atomic E-state index is 5.66. The van der Waals surface area contributed by atoms with Gasteiger partial charge in [0.25, 0.3) is 0 Å². The van der Waals surface area contributed by atoms with Gasteiger partial charge in [0, 0.05) is 6.61 Å². The summed E-state index contributed by atoms with van der Waals surface area (Å²) in [5.74, 6) is 0. The van der Waals surface area contributed by atoms with Crippen molar-refractivity contribution >= 4 is 11.7 Å². The number of nitrogens with zero attached hydrogens (tertiary/aromatic N) is 2. The molecule has 0 aromatic carbocycles. The summed E-state index contributed by atoms with van der Waals surface area (Å²) in [6.45, 7) is 4.16. The Balaban J connectivity index is 1.82. The monoisotopic (exact) mass is 255 g/mol. The third-order valence-electron chi connectivity index (χ3n) is 3.18. The van der Waals surface area contributed by atoms with Gasteiger partial charge in [-0.1, -0.05) is 6.92 Å². The molecule has 1 aromatic heterocycles. The van der Waals surface area contributed by atoms with E-state index in [1.165, 1.54) is 24.6 Å². The van der Waals surface area contributed by atoms with Crippen LogP contribution in [0.1, 0.15) is 50.8 Å². The fraction of sp³-hybridized carbons (Fsp3) is 0.833. The highest BCUT2D eigenvalue weighted by Crippen LogP contribution is 2.23. The van der Waals surface area contributed by atoms with E-state index >= 15 is 0 Å². The molecule has 0 saturated carbocycles. The molecular weight excluding hydrogens is 234 g/mol. The van der Waals surface area contributed by atoms with Crippen molar-refractivity contribution in [3.05, 3.63) is 11.9 Å². The average molecular weight is 255 g/mol. The van der Waals surface area contributed by atoms with E-state index in [2.05, 4.69) is 21.0 Å². The molecule has 17 heavy (non-hydrogen) atoms. The summed E-state index contributed by atoms with van der Waals surface area (Å²) in [6, 6.07) is 0.345. The van der Waals surface area contributed by atoms with E-state index in [4.69, 9.17) is 4.74 Å². The Morgan fingerprint density at radius 3 is 3.24 bits per heavy atom. The summed E-state index contributed by atoms with van der Waals surface area (Å²) in [4.78, 5) is 0. The Hall–Kier alpha value is -0.520. The van der Waals surface area contributed by atoms with Gasteiger partial charge in [0.2, 0.25) is 0 Å². The fourth-order valence-corrected chi connectivity index (χ4v) is 2.69. The first-order chi connectivity index (χ1) is 8.40. The lowest BCUT2D eigenvalue weighted by Gasteiger charge is -2.18. The minimum absolute atomic E-state index is 0.345. The van der Waals surface area contributed by atoms with Gasteiger partial charge in [-0.05, 0) is 38.6 Å². The van der Waals surface area contributed by atoms with Gasteiger partial charge >= 0.3 is 0 Å². The maximum absolute atomic E-state index is 5.66. The third kappa shape index (κ3) is 4.01. The molecule has 0 aliphatic carbocycles. The van der Waals surface area contributed by atoms with Crippen LogP contribution in [0.15, 0.2) is 6.20 Å². The van der Waals surface area contributed by atoms with Crippen LogP contribution in [0, 0.1) is 0 Å². The minimum atomic E-state index is 0.345. The first-order valence-corrected chi connectivity index (χ1v) is 7.25. The van der Waals surface area contributed by atoms with Gasteiger partial charge in [-0.25, -0.2) is 0 Å². The van der Waals surface area contributed by atoms with E-state index in [1.54, 1.807) is 0 Å². The topological polar surface area (TPSA) is 47.0 Å². The second kappa shape index (κ2) is 7.03. The highest BCUT2D eigenvalue weighted by molar-refractivity contribution is 6.99. The van der Waals surface area contributed by atoms with Crippen LogP contribution in [0.3, 0.4) is 0 Å².